The summed E-state index contributed by atoms with van der Waals surface area (Å²) in [4.78, 5) is 24.7. The molecule has 0 aliphatic rings. The van der Waals surface area contributed by atoms with Gasteiger partial charge in [-0.1, -0.05) is 36.7 Å². The van der Waals surface area contributed by atoms with Gasteiger partial charge in [-0.3, -0.25) is 19.2 Å². The van der Waals surface area contributed by atoms with Crippen LogP contribution in [0.15, 0.2) is 65.5 Å². The van der Waals surface area contributed by atoms with Crippen LogP contribution in [0.1, 0.15) is 24.1 Å². The molecule has 0 saturated carbocycles. The molecule has 0 radical (unpaired) electrons. The van der Waals surface area contributed by atoms with Crippen molar-refractivity contribution in [1.82, 2.24) is 19.4 Å². The van der Waals surface area contributed by atoms with Gasteiger partial charge >= 0.3 is 0 Å². The van der Waals surface area contributed by atoms with Crippen LogP contribution in [-0.2, 0) is 6.54 Å². The number of aliphatic hydroxyl groups is 1. The fourth-order valence-electron chi connectivity index (χ4n) is 3.71. The first-order chi connectivity index (χ1) is 16.5. The Kier molecular flexibility index (Phi) is 7.47. The lowest BCUT2D eigenvalue weighted by Crippen LogP contribution is -2.26. The van der Waals surface area contributed by atoms with Crippen molar-refractivity contribution < 1.29 is 9.50 Å². The van der Waals surface area contributed by atoms with E-state index in [0.717, 1.165) is 12.2 Å². The van der Waals surface area contributed by atoms with Crippen LogP contribution in [0, 0.1) is 5.82 Å². The summed E-state index contributed by atoms with van der Waals surface area (Å²) in [6.45, 7) is 4.11. The monoisotopic (exact) mass is 478 g/mol. The van der Waals surface area contributed by atoms with Crippen LogP contribution in [-0.4, -0.2) is 44.2 Å². The lowest BCUT2D eigenvalue weighted by Gasteiger charge is -2.18. The maximum Gasteiger partial charge on any atom is 0.266 e. The van der Waals surface area contributed by atoms with Crippen LogP contribution in [0.5, 0.6) is 0 Å². The topological polar surface area (TPSA) is 71.2 Å². The van der Waals surface area contributed by atoms with Gasteiger partial charge in [-0.05, 0) is 61.2 Å². The molecule has 174 valence electrons. The summed E-state index contributed by atoms with van der Waals surface area (Å²) in [5.74, 6) is -0.163. The molecule has 0 aliphatic heterocycles. The number of fused-ring (bicyclic) bond motifs is 1. The zero-order valence-corrected chi connectivity index (χ0v) is 19.4. The Bertz CT molecular complexity index is 1400. The van der Waals surface area contributed by atoms with Gasteiger partial charge in [0.25, 0.3) is 5.56 Å². The quantitative estimate of drug-likeness (QED) is 0.402. The number of para-hydroxylation sites is 1. The molecule has 1 N–H and O–H groups in total. The van der Waals surface area contributed by atoms with Crippen molar-refractivity contribution in [3.8, 4) is 5.69 Å². The average Bonchev–Trinajstić information content (AvgIpc) is 2.84. The minimum absolute atomic E-state index is 0.0878. The molecule has 0 bridgehead atoms. The van der Waals surface area contributed by atoms with Crippen molar-refractivity contribution in [3.05, 3.63) is 99.1 Å². The third-order valence-corrected chi connectivity index (χ3v) is 5.75. The van der Waals surface area contributed by atoms with E-state index in [4.69, 9.17) is 11.6 Å². The van der Waals surface area contributed by atoms with E-state index < -0.39 is 11.4 Å². The van der Waals surface area contributed by atoms with Crippen molar-refractivity contribution in [2.24, 2.45) is 0 Å². The predicted octanol–water partition coefficient (Wildman–Crippen LogP) is 4.56. The summed E-state index contributed by atoms with van der Waals surface area (Å²) in [6.07, 6.45) is 3.47. The summed E-state index contributed by atoms with van der Waals surface area (Å²) in [6, 6.07) is 16.6. The number of rotatable bonds is 8. The van der Waals surface area contributed by atoms with Crippen molar-refractivity contribution in [3.63, 3.8) is 0 Å². The van der Waals surface area contributed by atoms with Crippen LogP contribution in [0.3, 0.4) is 0 Å². The number of benzene rings is 2. The van der Waals surface area contributed by atoms with Gasteiger partial charge in [-0.2, -0.15) is 0 Å². The van der Waals surface area contributed by atoms with Crippen LogP contribution in [0.25, 0.3) is 28.7 Å². The minimum Gasteiger partial charge on any atom is -0.395 e. The van der Waals surface area contributed by atoms with Gasteiger partial charge in [0.2, 0.25) is 0 Å². The highest BCUT2D eigenvalue weighted by atomic mass is 35.5. The second kappa shape index (κ2) is 10.7. The summed E-state index contributed by atoms with van der Waals surface area (Å²) in [5, 5.41) is 9.77. The van der Waals surface area contributed by atoms with Gasteiger partial charge in [0.1, 0.15) is 11.6 Å². The maximum atomic E-state index is 13.9. The van der Waals surface area contributed by atoms with E-state index in [1.165, 1.54) is 22.8 Å². The molecule has 0 fully saturated rings. The van der Waals surface area contributed by atoms with Crippen molar-refractivity contribution in [1.29, 1.82) is 0 Å². The van der Waals surface area contributed by atoms with E-state index in [1.54, 1.807) is 36.4 Å². The molecule has 0 amide bonds. The Hall–Kier alpha value is -3.39. The molecule has 0 atom stereocenters. The molecular formula is C26H24ClFN4O2. The van der Waals surface area contributed by atoms with Gasteiger partial charge in [0.15, 0.2) is 0 Å². The molecule has 4 rings (SSSR count). The highest BCUT2D eigenvalue weighted by Crippen LogP contribution is 2.22. The fraction of sp³-hybridized carbons (Fsp3) is 0.192. The molecule has 2 heterocycles. The third-order valence-electron chi connectivity index (χ3n) is 5.43. The molecule has 0 unspecified atom stereocenters. The van der Waals surface area contributed by atoms with Gasteiger partial charge in [0.05, 0.1) is 39.6 Å². The molecule has 2 aromatic heterocycles. The Morgan fingerprint density at radius 1 is 1.09 bits per heavy atom. The molecule has 8 heteroatoms. The summed E-state index contributed by atoms with van der Waals surface area (Å²) >= 11 is 6.39. The first kappa shape index (κ1) is 23.8. The second-order valence-electron chi connectivity index (χ2n) is 7.70. The van der Waals surface area contributed by atoms with Crippen LogP contribution in [0.4, 0.5) is 4.39 Å². The first-order valence-electron chi connectivity index (χ1n) is 10.9. The number of pyridine rings is 1. The standard InChI is InChI=1S/C26H24ClFN4O2/c1-2-31(14-15-33)17-20-7-5-6-19(29-20)11-13-25-30-23-12-10-18(28)16-21(23)26(34)32(25)24-9-4-3-8-22(24)27/h3-13,16,33H,2,14-15,17H2,1H3. The Morgan fingerprint density at radius 3 is 2.68 bits per heavy atom. The van der Waals surface area contributed by atoms with Gasteiger partial charge in [-0.25, -0.2) is 9.37 Å². The van der Waals surface area contributed by atoms with E-state index in [-0.39, 0.29) is 12.0 Å². The first-order valence-corrected chi connectivity index (χ1v) is 11.3. The number of halogens is 2. The molecule has 2 aromatic carbocycles. The number of hydrogen-bond acceptors (Lipinski definition) is 5. The highest BCUT2D eigenvalue weighted by Gasteiger charge is 2.14. The highest BCUT2D eigenvalue weighted by molar-refractivity contribution is 6.32. The molecule has 34 heavy (non-hydrogen) atoms. The number of hydrogen-bond donors (Lipinski definition) is 1. The normalized spacial score (nSPS) is 11.7. The van der Waals surface area contributed by atoms with E-state index in [2.05, 4.69) is 14.9 Å². The molecule has 0 spiro atoms. The number of aliphatic hydroxyl groups excluding tert-OH is 1. The Morgan fingerprint density at radius 2 is 1.91 bits per heavy atom. The fourth-order valence-corrected chi connectivity index (χ4v) is 3.93. The van der Waals surface area contributed by atoms with Gasteiger partial charge < -0.3 is 5.11 Å². The SMILES string of the molecule is CCN(CCO)Cc1cccc(C=Cc2nc3ccc(F)cc3c(=O)n2-c2ccccc2Cl)n1. The second-order valence-corrected chi connectivity index (χ2v) is 8.11. The zero-order chi connectivity index (χ0) is 24.1. The number of nitrogens with zero attached hydrogens (tertiary/aromatic N) is 4. The van der Waals surface area contributed by atoms with E-state index in [1.807, 2.05) is 25.1 Å². The van der Waals surface area contributed by atoms with Crippen molar-refractivity contribution in [2.45, 2.75) is 13.5 Å². The van der Waals surface area contributed by atoms with Crippen molar-refractivity contribution in [2.75, 3.05) is 19.7 Å². The molecule has 0 aliphatic carbocycles. The lowest BCUT2D eigenvalue weighted by molar-refractivity contribution is 0.195. The lowest BCUT2D eigenvalue weighted by atomic mass is 10.2. The largest absolute Gasteiger partial charge is 0.395 e. The summed E-state index contributed by atoms with van der Waals surface area (Å²) in [7, 11) is 0. The molecule has 6 nitrogen and oxygen atoms in total. The zero-order valence-electron chi connectivity index (χ0n) is 18.7. The number of likely N-dealkylation sites (N-methyl/N-ethyl adjacent to an activating group) is 1. The summed E-state index contributed by atoms with van der Waals surface area (Å²) in [5.41, 5.74) is 1.98. The molecule has 4 aromatic rings. The van der Waals surface area contributed by atoms with Crippen LogP contribution in [0.2, 0.25) is 5.02 Å². The Labute approximate surface area is 201 Å². The van der Waals surface area contributed by atoms with Gasteiger partial charge in [-0.15, -0.1) is 0 Å². The molecular weight excluding hydrogens is 455 g/mol. The maximum absolute atomic E-state index is 13.9. The van der Waals surface area contributed by atoms with Gasteiger partial charge in [0, 0.05) is 13.1 Å². The summed E-state index contributed by atoms with van der Waals surface area (Å²) < 4.78 is 15.2. The van der Waals surface area contributed by atoms with Crippen LogP contribution >= 0.6 is 11.6 Å². The predicted molar refractivity (Wildman–Crippen MR) is 134 cm³/mol. The number of aromatic nitrogens is 3. The van der Waals surface area contributed by atoms with Crippen LogP contribution < -0.4 is 5.56 Å². The van der Waals surface area contributed by atoms with E-state index in [9.17, 15) is 14.3 Å². The third kappa shape index (κ3) is 5.22. The smallest absolute Gasteiger partial charge is 0.266 e. The average molecular weight is 479 g/mol. The van der Waals surface area contributed by atoms with E-state index >= 15 is 0 Å². The minimum atomic E-state index is -0.510. The van der Waals surface area contributed by atoms with Crippen molar-refractivity contribution >= 4 is 34.7 Å². The van der Waals surface area contributed by atoms with E-state index in [0.29, 0.717) is 40.8 Å². The Balaban J connectivity index is 1.78. The molecule has 0 saturated heterocycles.